The molecule has 41 heavy (non-hydrogen) atoms. The van der Waals surface area contributed by atoms with Gasteiger partial charge in [0.2, 0.25) is 17.7 Å². The number of hydrogen-bond donors (Lipinski definition) is 8. The van der Waals surface area contributed by atoms with Crippen molar-refractivity contribution >= 4 is 47.2 Å². The Bertz CT molecular complexity index is 1360. The molecule has 0 fully saturated rings. The summed E-state index contributed by atoms with van der Waals surface area (Å²) in [5.41, 5.74) is 8.37. The summed E-state index contributed by atoms with van der Waals surface area (Å²) >= 11 is 4.21. The van der Waals surface area contributed by atoms with E-state index in [-0.39, 0.29) is 30.3 Å². The Hall–Kier alpha value is -4.03. The number of carboxylic acid groups (broad SMARTS) is 1. The van der Waals surface area contributed by atoms with Crippen molar-refractivity contribution < 1.29 is 29.4 Å². The van der Waals surface area contributed by atoms with E-state index in [4.69, 9.17) is 5.73 Å². The quantitative estimate of drug-likeness (QED) is 0.132. The lowest BCUT2D eigenvalue weighted by Crippen LogP contribution is -2.58. The van der Waals surface area contributed by atoms with Crippen molar-refractivity contribution in [2.75, 3.05) is 5.75 Å². The minimum Gasteiger partial charge on any atom is -0.508 e. The topological polar surface area (TPSA) is 187 Å². The van der Waals surface area contributed by atoms with E-state index in [0.717, 1.165) is 22.0 Å². The van der Waals surface area contributed by atoms with Crippen LogP contribution in [0, 0.1) is 5.92 Å². The number of rotatable bonds is 14. The number of thiol groups is 1. The van der Waals surface area contributed by atoms with Gasteiger partial charge in [-0.25, -0.2) is 4.79 Å². The average molecular weight is 584 g/mol. The van der Waals surface area contributed by atoms with Crippen LogP contribution in [-0.4, -0.2) is 68.8 Å². The van der Waals surface area contributed by atoms with Gasteiger partial charge in [0.1, 0.15) is 23.9 Å². The summed E-state index contributed by atoms with van der Waals surface area (Å²) in [6, 6.07) is 9.35. The molecular formula is C29H37N5O6S. The molecule has 3 rings (SSSR count). The summed E-state index contributed by atoms with van der Waals surface area (Å²) < 4.78 is 0. The Morgan fingerprint density at radius 1 is 0.927 bits per heavy atom. The lowest BCUT2D eigenvalue weighted by atomic mass is 9.98. The maximum Gasteiger partial charge on any atom is 0.326 e. The van der Waals surface area contributed by atoms with Gasteiger partial charge >= 0.3 is 5.97 Å². The summed E-state index contributed by atoms with van der Waals surface area (Å²) in [6.07, 6.45) is 2.50. The van der Waals surface area contributed by atoms with Gasteiger partial charge in [0, 0.05) is 29.3 Å². The normalized spacial score (nSPS) is 14.8. The van der Waals surface area contributed by atoms with Crippen LogP contribution in [0.1, 0.15) is 31.4 Å². The number of carbonyl (C=O) groups is 4. The van der Waals surface area contributed by atoms with Crippen molar-refractivity contribution in [1.29, 1.82) is 0 Å². The van der Waals surface area contributed by atoms with E-state index >= 15 is 0 Å². The monoisotopic (exact) mass is 583 g/mol. The molecule has 2 aromatic carbocycles. The molecule has 0 aliphatic carbocycles. The van der Waals surface area contributed by atoms with E-state index in [1.54, 1.807) is 25.3 Å². The van der Waals surface area contributed by atoms with Crippen molar-refractivity contribution in [1.82, 2.24) is 20.9 Å². The van der Waals surface area contributed by atoms with Gasteiger partial charge in [-0.05, 0) is 41.7 Å². The molecule has 5 atom stereocenters. The highest BCUT2D eigenvalue weighted by Gasteiger charge is 2.32. The van der Waals surface area contributed by atoms with Crippen LogP contribution < -0.4 is 21.7 Å². The van der Waals surface area contributed by atoms with Gasteiger partial charge < -0.3 is 36.9 Å². The average Bonchev–Trinajstić information content (AvgIpc) is 3.37. The Labute approximate surface area is 243 Å². The summed E-state index contributed by atoms with van der Waals surface area (Å²) in [5.74, 6) is -3.43. The number of carboxylic acids is 1. The Morgan fingerprint density at radius 3 is 2.20 bits per heavy atom. The van der Waals surface area contributed by atoms with Gasteiger partial charge in [-0.2, -0.15) is 12.6 Å². The first-order valence-corrected chi connectivity index (χ1v) is 14.0. The molecule has 0 aliphatic rings. The predicted octanol–water partition coefficient (Wildman–Crippen LogP) is 1.50. The smallest absolute Gasteiger partial charge is 0.326 e. The zero-order valence-electron chi connectivity index (χ0n) is 23.0. The van der Waals surface area contributed by atoms with E-state index in [0.29, 0.717) is 6.42 Å². The van der Waals surface area contributed by atoms with Gasteiger partial charge in [-0.3, -0.25) is 14.4 Å². The van der Waals surface area contributed by atoms with Gasteiger partial charge in [0.25, 0.3) is 0 Å². The molecule has 0 bridgehead atoms. The zero-order valence-corrected chi connectivity index (χ0v) is 23.9. The lowest BCUT2D eigenvalue weighted by molar-refractivity contribution is -0.143. The van der Waals surface area contributed by atoms with E-state index in [9.17, 15) is 29.4 Å². The maximum absolute atomic E-state index is 13.4. The second-order valence-corrected chi connectivity index (χ2v) is 10.4. The van der Waals surface area contributed by atoms with E-state index < -0.39 is 47.9 Å². The Morgan fingerprint density at radius 2 is 1.56 bits per heavy atom. The molecule has 8 N–H and O–H groups in total. The predicted molar refractivity (Wildman–Crippen MR) is 159 cm³/mol. The van der Waals surface area contributed by atoms with E-state index in [1.165, 1.54) is 12.1 Å². The number of aliphatic carboxylic acids is 1. The molecule has 0 aliphatic heterocycles. The van der Waals surface area contributed by atoms with Crippen molar-refractivity contribution in [3.63, 3.8) is 0 Å². The fourth-order valence-electron chi connectivity index (χ4n) is 4.39. The number of amides is 3. The molecule has 0 spiro atoms. The van der Waals surface area contributed by atoms with Gasteiger partial charge in [-0.15, -0.1) is 0 Å². The highest BCUT2D eigenvalue weighted by atomic mass is 32.1. The van der Waals surface area contributed by atoms with Crippen molar-refractivity contribution in [2.45, 2.75) is 57.3 Å². The molecule has 3 amide bonds. The SMILES string of the molecule is CCC(C)C(NC(=O)C(Cc1c[nH]c2ccccc12)NC(=O)C(CS)NC(=O)C(N)Cc1ccc(O)cc1)C(=O)O. The summed E-state index contributed by atoms with van der Waals surface area (Å²) in [6.45, 7) is 3.55. The van der Waals surface area contributed by atoms with E-state index in [1.807, 2.05) is 31.2 Å². The number of benzene rings is 2. The fourth-order valence-corrected chi connectivity index (χ4v) is 4.65. The number of phenolic OH excluding ortho intramolecular Hbond substituents is 1. The van der Waals surface area contributed by atoms with Crippen LogP contribution in [0.3, 0.4) is 0 Å². The highest BCUT2D eigenvalue weighted by Crippen LogP contribution is 2.20. The van der Waals surface area contributed by atoms with Crippen LogP contribution in [0.5, 0.6) is 5.75 Å². The molecule has 3 aromatic rings. The number of carbonyl (C=O) groups excluding carboxylic acids is 3. The maximum atomic E-state index is 13.4. The molecule has 1 aromatic heterocycles. The number of nitrogens with two attached hydrogens (primary N) is 1. The number of aromatic hydroxyl groups is 1. The van der Waals surface area contributed by atoms with Crippen LogP contribution in [0.2, 0.25) is 0 Å². The Balaban J connectivity index is 1.76. The van der Waals surface area contributed by atoms with Crippen LogP contribution in [0.15, 0.2) is 54.7 Å². The van der Waals surface area contributed by atoms with Crippen LogP contribution in [0.4, 0.5) is 0 Å². The summed E-state index contributed by atoms with van der Waals surface area (Å²) in [7, 11) is 0. The molecule has 1 heterocycles. The largest absolute Gasteiger partial charge is 0.508 e. The van der Waals surface area contributed by atoms with Gasteiger partial charge in [-0.1, -0.05) is 50.6 Å². The van der Waals surface area contributed by atoms with Crippen LogP contribution in [0.25, 0.3) is 10.9 Å². The number of fused-ring (bicyclic) bond motifs is 1. The third-order valence-corrected chi connectivity index (χ3v) is 7.42. The minimum absolute atomic E-state index is 0.0715. The molecule has 5 unspecified atom stereocenters. The molecule has 11 nitrogen and oxygen atoms in total. The van der Waals surface area contributed by atoms with Crippen molar-refractivity contribution in [2.24, 2.45) is 11.7 Å². The second-order valence-electron chi connectivity index (χ2n) is 10.1. The zero-order chi connectivity index (χ0) is 30.1. The third kappa shape index (κ3) is 8.48. The molecule has 0 radical (unpaired) electrons. The Kier molecular flexibility index (Phi) is 11.2. The fraction of sp³-hybridized carbons (Fsp3) is 0.379. The van der Waals surface area contributed by atoms with E-state index in [2.05, 4.69) is 33.6 Å². The number of para-hydroxylation sites is 1. The van der Waals surface area contributed by atoms with Crippen LogP contribution >= 0.6 is 12.6 Å². The number of hydrogen-bond acceptors (Lipinski definition) is 7. The highest BCUT2D eigenvalue weighted by molar-refractivity contribution is 7.80. The first-order chi connectivity index (χ1) is 19.5. The molecule has 220 valence electrons. The summed E-state index contributed by atoms with van der Waals surface area (Å²) in [5, 5.41) is 27.8. The lowest BCUT2D eigenvalue weighted by Gasteiger charge is -2.26. The minimum atomic E-state index is -1.17. The molecule has 12 heteroatoms. The number of nitrogens with one attached hydrogen (secondary N) is 4. The van der Waals surface area contributed by atoms with Crippen molar-refractivity contribution in [3.8, 4) is 5.75 Å². The molecular weight excluding hydrogens is 546 g/mol. The van der Waals surface area contributed by atoms with Crippen LogP contribution in [-0.2, 0) is 32.0 Å². The summed E-state index contributed by atoms with van der Waals surface area (Å²) in [4.78, 5) is 54.5. The van der Waals surface area contributed by atoms with Gasteiger partial charge in [0.05, 0.1) is 6.04 Å². The molecule has 0 saturated heterocycles. The number of aromatic nitrogens is 1. The first-order valence-electron chi connectivity index (χ1n) is 13.4. The standard InChI is InChI=1S/C29H37N5O6S/c1-3-16(2)25(29(39)40)34-27(37)23(13-18-14-31-22-7-5-4-6-20(18)22)32-28(38)24(15-41)33-26(36)21(30)12-17-8-10-19(35)11-9-17/h4-11,14,16,21,23-25,31,35,41H,3,12-13,15,30H2,1-2H3,(H,32,38)(H,33,36)(H,34,37)(H,39,40). The second kappa shape index (κ2) is 14.6. The number of H-pyrrole nitrogens is 1. The van der Waals surface area contributed by atoms with Gasteiger partial charge in [0.15, 0.2) is 0 Å². The number of phenols is 1. The first kappa shape index (κ1) is 31.5. The molecule has 0 saturated carbocycles. The number of aromatic amines is 1. The third-order valence-electron chi connectivity index (χ3n) is 7.05. The van der Waals surface area contributed by atoms with Crippen molar-refractivity contribution in [3.05, 3.63) is 65.9 Å².